The summed E-state index contributed by atoms with van der Waals surface area (Å²) in [6.45, 7) is 7.24. The van der Waals surface area contributed by atoms with E-state index in [1.165, 1.54) is 0 Å². The third-order valence-electron chi connectivity index (χ3n) is 2.55. The van der Waals surface area contributed by atoms with Gasteiger partial charge in [0, 0.05) is 18.3 Å². The molecule has 0 saturated carbocycles. The van der Waals surface area contributed by atoms with Gasteiger partial charge < -0.3 is 9.64 Å². The number of carbonyl (C=O) groups is 1. The Labute approximate surface area is 108 Å². The number of hydrogen-bond acceptors (Lipinski definition) is 5. The number of aromatic nitrogens is 2. The lowest BCUT2D eigenvalue weighted by molar-refractivity contribution is -0.141. The van der Waals surface area contributed by atoms with Crippen molar-refractivity contribution in [1.29, 1.82) is 0 Å². The minimum absolute atomic E-state index is 0.227. The summed E-state index contributed by atoms with van der Waals surface area (Å²) >= 11 is 0. The minimum atomic E-state index is -0.227. The highest BCUT2D eigenvalue weighted by molar-refractivity contribution is 5.75. The number of likely N-dealkylation sites (N-methyl/N-ethyl adjacent to an activating group) is 1. The summed E-state index contributed by atoms with van der Waals surface area (Å²) in [4.78, 5) is 21.8. The van der Waals surface area contributed by atoms with Crippen molar-refractivity contribution in [3.05, 3.63) is 18.1 Å². The topological polar surface area (TPSA) is 55.3 Å². The summed E-state index contributed by atoms with van der Waals surface area (Å²) in [7, 11) is 0. The molecule has 0 aromatic carbocycles. The van der Waals surface area contributed by atoms with Gasteiger partial charge in [0.15, 0.2) is 0 Å². The van der Waals surface area contributed by atoms with Gasteiger partial charge in [-0.05, 0) is 20.3 Å². The Morgan fingerprint density at radius 2 is 2.11 bits per heavy atom. The first-order valence-corrected chi connectivity index (χ1v) is 6.42. The molecule has 0 aliphatic carbocycles. The van der Waals surface area contributed by atoms with Crippen LogP contribution in [0.4, 0.5) is 5.82 Å². The van der Waals surface area contributed by atoms with Crippen LogP contribution < -0.4 is 4.90 Å². The minimum Gasteiger partial charge on any atom is -0.465 e. The molecule has 0 radical (unpaired) electrons. The van der Waals surface area contributed by atoms with Crippen molar-refractivity contribution in [3.8, 4) is 0 Å². The normalized spacial score (nSPS) is 10.2. The Kier molecular flexibility index (Phi) is 6.11. The molecule has 100 valence electrons. The summed E-state index contributed by atoms with van der Waals surface area (Å²) in [5, 5.41) is 0. The Morgan fingerprint density at radius 3 is 2.72 bits per heavy atom. The second-order valence-corrected chi connectivity index (χ2v) is 3.94. The molecule has 1 aromatic heterocycles. The van der Waals surface area contributed by atoms with Crippen molar-refractivity contribution in [1.82, 2.24) is 9.97 Å². The van der Waals surface area contributed by atoms with E-state index in [2.05, 4.69) is 16.9 Å². The Hall–Kier alpha value is -1.65. The number of carbonyl (C=O) groups excluding carboxylic acids is 1. The van der Waals surface area contributed by atoms with E-state index in [-0.39, 0.29) is 12.5 Å². The lowest BCUT2D eigenvalue weighted by atomic mass is 10.2. The molecule has 0 fully saturated rings. The van der Waals surface area contributed by atoms with E-state index in [0.717, 1.165) is 24.4 Å². The SMILES string of the molecule is CCCc1cc(N(CC)CC(=O)OCC)ncn1. The van der Waals surface area contributed by atoms with Crippen LogP contribution in [-0.2, 0) is 16.0 Å². The lowest BCUT2D eigenvalue weighted by Crippen LogP contribution is -2.31. The number of nitrogens with zero attached hydrogens (tertiary/aromatic N) is 3. The first-order valence-electron chi connectivity index (χ1n) is 6.42. The Morgan fingerprint density at radius 1 is 1.33 bits per heavy atom. The average Bonchev–Trinajstić information content (AvgIpc) is 2.37. The Balaban J connectivity index is 2.74. The predicted molar refractivity (Wildman–Crippen MR) is 70.5 cm³/mol. The highest BCUT2D eigenvalue weighted by Crippen LogP contribution is 2.11. The van der Waals surface area contributed by atoms with Gasteiger partial charge in [0.1, 0.15) is 18.7 Å². The van der Waals surface area contributed by atoms with Crippen molar-refractivity contribution >= 4 is 11.8 Å². The summed E-state index contributed by atoms with van der Waals surface area (Å²) in [6.07, 6.45) is 3.51. The average molecular weight is 251 g/mol. The van der Waals surface area contributed by atoms with E-state index in [1.54, 1.807) is 13.3 Å². The number of ether oxygens (including phenoxy) is 1. The monoisotopic (exact) mass is 251 g/mol. The molecule has 0 bridgehead atoms. The molecule has 5 heteroatoms. The van der Waals surface area contributed by atoms with Gasteiger partial charge in [-0.3, -0.25) is 4.79 Å². The Bertz CT molecular complexity index is 382. The number of hydrogen-bond donors (Lipinski definition) is 0. The van der Waals surface area contributed by atoms with Crippen LogP contribution in [0.25, 0.3) is 0 Å². The van der Waals surface area contributed by atoms with E-state index >= 15 is 0 Å². The molecule has 1 heterocycles. The van der Waals surface area contributed by atoms with E-state index in [0.29, 0.717) is 13.2 Å². The molecule has 1 aromatic rings. The fourth-order valence-corrected chi connectivity index (χ4v) is 1.67. The van der Waals surface area contributed by atoms with Gasteiger partial charge in [0.25, 0.3) is 0 Å². The maximum Gasteiger partial charge on any atom is 0.325 e. The van der Waals surface area contributed by atoms with Crippen molar-refractivity contribution in [2.24, 2.45) is 0 Å². The zero-order valence-electron chi connectivity index (χ0n) is 11.3. The zero-order valence-corrected chi connectivity index (χ0v) is 11.3. The number of esters is 1. The number of aryl methyl sites for hydroxylation is 1. The standard InChI is InChI=1S/C13H21N3O2/c1-4-7-11-8-12(15-10-14-11)16(5-2)9-13(17)18-6-3/h8,10H,4-7,9H2,1-3H3. The highest BCUT2D eigenvalue weighted by Gasteiger charge is 2.12. The van der Waals surface area contributed by atoms with Crippen molar-refractivity contribution in [2.45, 2.75) is 33.6 Å². The van der Waals surface area contributed by atoms with Gasteiger partial charge in [-0.25, -0.2) is 9.97 Å². The van der Waals surface area contributed by atoms with E-state index < -0.39 is 0 Å². The maximum absolute atomic E-state index is 11.5. The second-order valence-electron chi connectivity index (χ2n) is 3.94. The lowest BCUT2D eigenvalue weighted by Gasteiger charge is -2.20. The van der Waals surface area contributed by atoms with Gasteiger partial charge >= 0.3 is 5.97 Å². The van der Waals surface area contributed by atoms with Gasteiger partial charge in [-0.15, -0.1) is 0 Å². The maximum atomic E-state index is 11.5. The van der Waals surface area contributed by atoms with Crippen LogP contribution >= 0.6 is 0 Å². The van der Waals surface area contributed by atoms with Gasteiger partial charge in [-0.2, -0.15) is 0 Å². The molecule has 18 heavy (non-hydrogen) atoms. The largest absolute Gasteiger partial charge is 0.465 e. The first kappa shape index (κ1) is 14.4. The van der Waals surface area contributed by atoms with Crippen molar-refractivity contribution in [2.75, 3.05) is 24.6 Å². The van der Waals surface area contributed by atoms with Gasteiger partial charge in [-0.1, -0.05) is 13.3 Å². The zero-order chi connectivity index (χ0) is 13.4. The van der Waals surface area contributed by atoms with Crippen LogP contribution in [0, 0.1) is 0 Å². The molecule has 1 rings (SSSR count). The molecule has 0 saturated heterocycles. The molecule has 0 amide bonds. The van der Waals surface area contributed by atoms with Crippen LogP contribution in [0.1, 0.15) is 32.9 Å². The fourth-order valence-electron chi connectivity index (χ4n) is 1.67. The third kappa shape index (κ3) is 4.31. The quantitative estimate of drug-likeness (QED) is 0.692. The van der Waals surface area contributed by atoms with Gasteiger partial charge in [0.2, 0.25) is 0 Å². The number of anilines is 1. The van der Waals surface area contributed by atoms with Crippen molar-refractivity contribution < 1.29 is 9.53 Å². The molecule has 0 spiro atoms. The van der Waals surface area contributed by atoms with E-state index in [9.17, 15) is 4.79 Å². The molecule has 0 unspecified atom stereocenters. The fraction of sp³-hybridized carbons (Fsp3) is 0.615. The molecule has 5 nitrogen and oxygen atoms in total. The summed E-state index contributed by atoms with van der Waals surface area (Å²) in [5.41, 5.74) is 1.00. The molecular formula is C13H21N3O2. The predicted octanol–water partition coefficient (Wildman–Crippen LogP) is 1.82. The van der Waals surface area contributed by atoms with Gasteiger partial charge in [0.05, 0.1) is 6.61 Å². The first-order chi connectivity index (χ1) is 8.71. The van der Waals surface area contributed by atoms with E-state index in [4.69, 9.17) is 4.74 Å². The molecule has 0 aliphatic heterocycles. The number of rotatable bonds is 7. The van der Waals surface area contributed by atoms with Crippen LogP contribution in [0.15, 0.2) is 12.4 Å². The van der Waals surface area contributed by atoms with Crippen LogP contribution in [-0.4, -0.2) is 35.6 Å². The molecule has 0 N–H and O–H groups in total. The summed E-state index contributed by atoms with van der Waals surface area (Å²) < 4.78 is 4.95. The third-order valence-corrected chi connectivity index (χ3v) is 2.55. The second kappa shape index (κ2) is 7.63. The summed E-state index contributed by atoms with van der Waals surface area (Å²) in [5.74, 6) is 0.555. The molecule has 0 atom stereocenters. The molecular weight excluding hydrogens is 230 g/mol. The van der Waals surface area contributed by atoms with Crippen LogP contribution in [0.3, 0.4) is 0 Å². The highest BCUT2D eigenvalue weighted by atomic mass is 16.5. The molecule has 0 aliphatic rings. The smallest absolute Gasteiger partial charge is 0.325 e. The van der Waals surface area contributed by atoms with E-state index in [1.807, 2.05) is 17.9 Å². The summed E-state index contributed by atoms with van der Waals surface area (Å²) in [6, 6.07) is 1.94. The van der Waals surface area contributed by atoms with Crippen LogP contribution in [0.2, 0.25) is 0 Å². The van der Waals surface area contributed by atoms with Crippen LogP contribution in [0.5, 0.6) is 0 Å². The van der Waals surface area contributed by atoms with Crippen molar-refractivity contribution in [3.63, 3.8) is 0 Å².